The molecule has 0 aliphatic heterocycles. The van der Waals surface area contributed by atoms with Crippen LogP contribution in [0.2, 0.25) is 5.02 Å². The first kappa shape index (κ1) is 25.5. The molecule has 8 nitrogen and oxygen atoms in total. The van der Waals surface area contributed by atoms with Crippen LogP contribution in [0.3, 0.4) is 0 Å². The largest absolute Gasteiger partial charge is 0.323 e. The predicted molar refractivity (Wildman–Crippen MR) is 136 cm³/mol. The number of nitro groups is 1. The summed E-state index contributed by atoms with van der Waals surface area (Å²) in [7, 11) is -3.90. The van der Waals surface area contributed by atoms with Gasteiger partial charge in [0.1, 0.15) is 6.54 Å². The average Bonchev–Trinajstić information content (AvgIpc) is 2.77. The highest BCUT2D eigenvalue weighted by Gasteiger charge is 2.24. The third kappa shape index (κ3) is 6.72. The number of hydrogen-bond acceptors (Lipinski definition) is 6. The lowest BCUT2D eigenvalue weighted by atomic mass is 10.2. The van der Waals surface area contributed by atoms with Crippen LogP contribution in [0.1, 0.15) is 11.1 Å². The molecule has 3 rings (SSSR count). The number of anilines is 2. The van der Waals surface area contributed by atoms with Crippen molar-refractivity contribution in [1.82, 2.24) is 0 Å². The second-order valence-corrected chi connectivity index (χ2v) is 10.8. The van der Waals surface area contributed by atoms with Gasteiger partial charge in [0, 0.05) is 27.8 Å². The van der Waals surface area contributed by atoms with Crippen LogP contribution in [0, 0.1) is 17.0 Å². The van der Waals surface area contributed by atoms with Crippen molar-refractivity contribution in [3.8, 4) is 0 Å². The Labute approximate surface area is 207 Å². The molecule has 0 fully saturated rings. The zero-order valence-electron chi connectivity index (χ0n) is 18.4. The molecular formula is C23H22ClN3O5S2. The second-order valence-electron chi connectivity index (χ2n) is 7.46. The molecular weight excluding hydrogens is 498 g/mol. The van der Waals surface area contributed by atoms with Gasteiger partial charge in [-0.15, -0.1) is 11.8 Å². The van der Waals surface area contributed by atoms with Crippen molar-refractivity contribution in [2.45, 2.75) is 17.6 Å². The highest BCUT2D eigenvalue weighted by Crippen LogP contribution is 2.31. The zero-order valence-corrected chi connectivity index (χ0v) is 20.8. The summed E-state index contributed by atoms with van der Waals surface area (Å²) in [5.41, 5.74) is 1.90. The van der Waals surface area contributed by atoms with Crippen LogP contribution in [-0.4, -0.2) is 32.0 Å². The van der Waals surface area contributed by atoms with Crippen molar-refractivity contribution in [2.75, 3.05) is 22.4 Å². The smallest absolute Gasteiger partial charge is 0.271 e. The fourth-order valence-corrected chi connectivity index (χ4v) is 5.11. The molecule has 1 amide bonds. The molecule has 0 bridgehead atoms. The van der Waals surface area contributed by atoms with Gasteiger partial charge in [-0.25, -0.2) is 8.42 Å². The lowest BCUT2D eigenvalue weighted by molar-refractivity contribution is -0.384. The van der Waals surface area contributed by atoms with Gasteiger partial charge >= 0.3 is 0 Å². The number of halogens is 1. The molecule has 0 aliphatic carbocycles. The van der Waals surface area contributed by atoms with E-state index in [1.54, 1.807) is 31.2 Å². The number of nitrogens with one attached hydrogen (secondary N) is 1. The third-order valence-corrected chi connectivity index (χ3v) is 7.35. The number of hydrogen-bond donors (Lipinski definition) is 1. The quantitative estimate of drug-likeness (QED) is 0.235. The highest BCUT2D eigenvalue weighted by molar-refractivity contribution is 7.98. The molecule has 0 saturated heterocycles. The van der Waals surface area contributed by atoms with Gasteiger partial charge in [-0.05, 0) is 42.3 Å². The molecule has 0 aromatic heterocycles. The van der Waals surface area contributed by atoms with Gasteiger partial charge in [0.25, 0.3) is 5.69 Å². The number of thioether (sulfide) groups is 1. The van der Waals surface area contributed by atoms with Crippen molar-refractivity contribution in [3.63, 3.8) is 0 Å². The normalized spacial score (nSPS) is 11.1. The summed E-state index contributed by atoms with van der Waals surface area (Å²) >= 11 is 7.44. The van der Waals surface area contributed by atoms with Gasteiger partial charge in [-0.2, -0.15) is 0 Å². The summed E-state index contributed by atoms with van der Waals surface area (Å²) in [6, 6.07) is 18.5. The topological polar surface area (TPSA) is 110 Å². The maximum absolute atomic E-state index is 12.9. The molecule has 0 unspecified atom stereocenters. The maximum Gasteiger partial charge on any atom is 0.271 e. The standard InChI is InChI=1S/C23H22ClN3O5S2/c1-16-7-12-19(27(29)30)13-21(16)26(34(2,31)32)14-23(28)25-20-5-3-4-6-22(20)33-15-17-8-10-18(24)11-9-17/h3-13H,14-15H2,1-2H3,(H,25,28). The van der Waals surface area contributed by atoms with Gasteiger partial charge in [-0.1, -0.05) is 41.9 Å². The molecule has 0 saturated carbocycles. The highest BCUT2D eigenvalue weighted by atomic mass is 35.5. The summed E-state index contributed by atoms with van der Waals surface area (Å²) in [4.78, 5) is 24.2. The number of non-ortho nitro benzene ring substituents is 1. The summed E-state index contributed by atoms with van der Waals surface area (Å²) in [5.74, 6) is 0.0720. The SMILES string of the molecule is Cc1ccc([N+](=O)[O-])cc1N(CC(=O)Nc1ccccc1SCc1ccc(Cl)cc1)S(C)(=O)=O. The number of nitrogens with zero attached hydrogens (tertiary/aromatic N) is 2. The first-order valence-electron chi connectivity index (χ1n) is 10.0. The van der Waals surface area contributed by atoms with Crippen molar-refractivity contribution < 1.29 is 18.1 Å². The molecule has 178 valence electrons. The van der Waals surface area contributed by atoms with Crippen LogP contribution in [0.5, 0.6) is 0 Å². The number of sulfonamides is 1. The van der Waals surface area contributed by atoms with Crippen LogP contribution in [0.4, 0.5) is 17.1 Å². The molecule has 0 atom stereocenters. The van der Waals surface area contributed by atoms with E-state index in [4.69, 9.17) is 11.6 Å². The number of benzene rings is 3. The Hall–Kier alpha value is -3.08. The van der Waals surface area contributed by atoms with E-state index in [1.165, 1.54) is 23.9 Å². The molecule has 34 heavy (non-hydrogen) atoms. The van der Waals surface area contributed by atoms with E-state index in [9.17, 15) is 23.3 Å². The van der Waals surface area contributed by atoms with Crippen LogP contribution >= 0.6 is 23.4 Å². The lowest BCUT2D eigenvalue weighted by Crippen LogP contribution is -2.38. The number of nitro benzene ring substituents is 1. The fraction of sp³-hybridized carbons (Fsp3) is 0.174. The Kier molecular flexibility index (Phi) is 8.19. The van der Waals surface area contributed by atoms with Gasteiger partial charge in [0.15, 0.2) is 0 Å². The summed E-state index contributed by atoms with van der Waals surface area (Å²) in [6.45, 7) is 1.09. The minimum Gasteiger partial charge on any atom is -0.323 e. The maximum atomic E-state index is 12.9. The van der Waals surface area contributed by atoms with Crippen molar-refractivity contribution in [1.29, 1.82) is 0 Å². The molecule has 0 spiro atoms. The zero-order chi connectivity index (χ0) is 24.9. The van der Waals surface area contributed by atoms with Crippen molar-refractivity contribution >= 4 is 56.4 Å². The number of rotatable bonds is 9. The van der Waals surface area contributed by atoms with Crippen LogP contribution in [0.25, 0.3) is 0 Å². The lowest BCUT2D eigenvalue weighted by Gasteiger charge is -2.23. The molecule has 11 heteroatoms. The Balaban J connectivity index is 1.79. The van der Waals surface area contributed by atoms with Crippen LogP contribution < -0.4 is 9.62 Å². The minimum absolute atomic E-state index is 0.0808. The fourth-order valence-electron chi connectivity index (χ4n) is 3.12. The van der Waals surface area contributed by atoms with Gasteiger partial charge in [0.05, 0.1) is 22.6 Å². The van der Waals surface area contributed by atoms with Gasteiger partial charge < -0.3 is 5.32 Å². The molecule has 0 heterocycles. The predicted octanol–water partition coefficient (Wildman–Crippen LogP) is 5.25. The van der Waals surface area contributed by atoms with E-state index in [2.05, 4.69) is 5.32 Å². The first-order valence-corrected chi connectivity index (χ1v) is 13.2. The summed E-state index contributed by atoms with van der Waals surface area (Å²) in [5, 5.41) is 14.6. The van der Waals surface area contributed by atoms with E-state index in [0.29, 0.717) is 22.0 Å². The van der Waals surface area contributed by atoms with Crippen LogP contribution in [-0.2, 0) is 20.6 Å². The monoisotopic (exact) mass is 519 g/mol. The van der Waals surface area contributed by atoms with E-state index in [-0.39, 0.29) is 11.4 Å². The number of carbonyl (C=O) groups is 1. The Morgan fingerprint density at radius 3 is 2.44 bits per heavy atom. The molecule has 0 aliphatic rings. The molecule has 3 aromatic rings. The van der Waals surface area contributed by atoms with E-state index >= 15 is 0 Å². The Bertz CT molecular complexity index is 1310. The van der Waals surface area contributed by atoms with Crippen molar-refractivity contribution in [2.24, 2.45) is 0 Å². The third-order valence-electron chi connectivity index (χ3n) is 4.83. The molecule has 1 N–H and O–H groups in total. The van der Waals surface area contributed by atoms with Crippen LogP contribution in [0.15, 0.2) is 71.6 Å². The Morgan fingerprint density at radius 2 is 1.79 bits per heavy atom. The number of para-hydroxylation sites is 1. The number of aryl methyl sites for hydroxylation is 1. The van der Waals surface area contributed by atoms with Crippen molar-refractivity contribution in [3.05, 3.63) is 93.0 Å². The summed E-state index contributed by atoms with van der Waals surface area (Å²) < 4.78 is 25.8. The Morgan fingerprint density at radius 1 is 1.12 bits per heavy atom. The van der Waals surface area contributed by atoms with E-state index in [1.807, 2.05) is 24.3 Å². The van der Waals surface area contributed by atoms with Gasteiger partial charge in [0.2, 0.25) is 15.9 Å². The van der Waals surface area contributed by atoms with E-state index in [0.717, 1.165) is 27.1 Å². The minimum atomic E-state index is -3.90. The second kappa shape index (κ2) is 10.9. The first-order chi connectivity index (χ1) is 16.0. The average molecular weight is 520 g/mol. The molecule has 3 aromatic carbocycles. The summed E-state index contributed by atoms with van der Waals surface area (Å²) in [6.07, 6.45) is 0.953. The number of amides is 1. The van der Waals surface area contributed by atoms with Gasteiger partial charge in [-0.3, -0.25) is 19.2 Å². The molecule has 0 radical (unpaired) electrons. The number of carbonyl (C=O) groups excluding carboxylic acids is 1. The van der Waals surface area contributed by atoms with E-state index < -0.39 is 27.4 Å².